The summed E-state index contributed by atoms with van der Waals surface area (Å²) in [5.74, 6) is 1.39. The Labute approximate surface area is 131 Å². The van der Waals surface area contributed by atoms with Crippen LogP contribution in [0, 0.1) is 0 Å². The van der Waals surface area contributed by atoms with Crippen LogP contribution in [0.25, 0.3) is 0 Å². The predicted molar refractivity (Wildman–Crippen MR) is 81.2 cm³/mol. The molecule has 1 N–H and O–H groups in total. The molecule has 1 aromatic carbocycles. The largest absolute Gasteiger partial charge is 0.486 e. The molecule has 3 rings (SSSR count). The molecule has 2 heterocycles. The topological polar surface area (TPSA) is 38.7 Å². The van der Waals surface area contributed by atoms with Gasteiger partial charge in [-0.05, 0) is 45.1 Å². The highest BCUT2D eigenvalue weighted by atomic mass is 79.9. The lowest BCUT2D eigenvalue weighted by Crippen LogP contribution is -2.16. The van der Waals surface area contributed by atoms with E-state index < -0.39 is 6.10 Å². The van der Waals surface area contributed by atoms with Gasteiger partial charge in [-0.25, -0.2) is 0 Å². The highest BCUT2D eigenvalue weighted by Gasteiger charge is 2.20. The first-order valence-electron chi connectivity index (χ1n) is 5.66. The SMILES string of the molecule is OC(c1csc(Br)c1)c1cc2c(cc1Br)OCCO2. The van der Waals surface area contributed by atoms with Crippen molar-refractivity contribution in [3.8, 4) is 11.5 Å². The van der Waals surface area contributed by atoms with E-state index in [4.69, 9.17) is 9.47 Å². The van der Waals surface area contributed by atoms with Crippen LogP contribution in [-0.4, -0.2) is 18.3 Å². The number of aliphatic hydroxyl groups excluding tert-OH is 1. The van der Waals surface area contributed by atoms with Gasteiger partial charge in [-0.1, -0.05) is 15.9 Å². The van der Waals surface area contributed by atoms with Gasteiger partial charge in [0, 0.05) is 10.0 Å². The van der Waals surface area contributed by atoms with Crippen LogP contribution in [0.1, 0.15) is 17.2 Å². The van der Waals surface area contributed by atoms with Crippen LogP contribution in [0.15, 0.2) is 31.8 Å². The minimum absolute atomic E-state index is 0.536. The van der Waals surface area contributed by atoms with Gasteiger partial charge in [0.05, 0.1) is 3.79 Å². The van der Waals surface area contributed by atoms with E-state index in [1.807, 2.05) is 23.6 Å². The fraction of sp³-hybridized carbons (Fsp3) is 0.231. The first-order valence-corrected chi connectivity index (χ1v) is 8.13. The summed E-state index contributed by atoms with van der Waals surface area (Å²) >= 11 is 8.43. The molecule has 2 aromatic rings. The average Bonchev–Trinajstić information content (AvgIpc) is 2.84. The minimum atomic E-state index is -0.687. The normalized spacial score (nSPS) is 15.3. The molecule has 1 aliphatic rings. The van der Waals surface area contributed by atoms with Crippen LogP contribution in [-0.2, 0) is 0 Å². The monoisotopic (exact) mass is 404 g/mol. The number of ether oxygens (including phenoxy) is 2. The number of thiophene rings is 1. The lowest BCUT2D eigenvalue weighted by molar-refractivity contribution is 0.169. The fourth-order valence-corrected chi connectivity index (χ4v) is 3.67. The summed E-state index contributed by atoms with van der Waals surface area (Å²) in [6.07, 6.45) is -0.687. The molecule has 3 nitrogen and oxygen atoms in total. The Balaban J connectivity index is 2.00. The molecule has 100 valence electrons. The number of rotatable bonds is 2. The maximum absolute atomic E-state index is 10.4. The van der Waals surface area contributed by atoms with Crippen molar-refractivity contribution in [2.75, 3.05) is 13.2 Å². The van der Waals surface area contributed by atoms with Gasteiger partial charge < -0.3 is 14.6 Å². The van der Waals surface area contributed by atoms with Crippen molar-refractivity contribution in [3.63, 3.8) is 0 Å². The zero-order chi connectivity index (χ0) is 13.4. The molecular weight excluding hydrogens is 396 g/mol. The quantitative estimate of drug-likeness (QED) is 0.816. The maximum Gasteiger partial charge on any atom is 0.162 e. The van der Waals surface area contributed by atoms with Crippen molar-refractivity contribution < 1.29 is 14.6 Å². The van der Waals surface area contributed by atoms with Crippen molar-refractivity contribution in [3.05, 3.63) is 43.0 Å². The van der Waals surface area contributed by atoms with E-state index in [0.717, 1.165) is 19.4 Å². The van der Waals surface area contributed by atoms with Gasteiger partial charge in [-0.3, -0.25) is 0 Å². The number of benzene rings is 1. The van der Waals surface area contributed by atoms with Crippen LogP contribution in [0.4, 0.5) is 0 Å². The number of halogens is 2. The third kappa shape index (κ3) is 2.67. The van der Waals surface area contributed by atoms with E-state index in [1.54, 1.807) is 11.3 Å². The Morgan fingerprint density at radius 1 is 1.11 bits per heavy atom. The van der Waals surface area contributed by atoms with Gasteiger partial charge in [-0.2, -0.15) is 0 Å². The van der Waals surface area contributed by atoms with Crippen molar-refractivity contribution in [2.24, 2.45) is 0 Å². The summed E-state index contributed by atoms with van der Waals surface area (Å²) in [5.41, 5.74) is 1.63. The fourth-order valence-electron chi connectivity index (χ4n) is 1.94. The van der Waals surface area contributed by atoms with Crippen molar-refractivity contribution in [1.82, 2.24) is 0 Å². The summed E-state index contributed by atoms with van der Waals surface area (Å²) in [5, 5.41) is 12.4. The predicted octanol–water partition coefficient (Wildman–Crippen LogP) is 4.13. The highest BCUT2D eigenvalue weighted by molar-refractivity contribution is 9.11. The Morgan fingerprint density at radius 3 is 2.42 bits per heavy atom. The molecule has 0 radical (unpaired) electrons. The van der Waals surface area contributed by atoms with Crippen LogP contribution < -0.4 is 9.47 Å². The van der Waals surface area contributed by atoms with Crippen LogP contribution in [0.5, 0.6) is 11.5 Å². The summed E-state index contributed by atoms with van der Waals surface area (Å²) in [6.45, 7) is 1.09. The second kappa shape index (κ2) is 5.44. The van der Waals surface area contributed by atoms with Crippen LogP contribution >= 0.6 is 43.2 Å². The second-order valence-corrected chi connectivity index (χ2v) is 7.25. The molecule has 0 bridgehead atoms. The van der Waals surface area contributed by atoms with Gasteiger partial charge in [0.2, 0.25) is 0 Å². The number of fused-ring (bicyclic) bond motifs is 1. The molecule has 19 heavy (non-hydrogen) atoms. The molecule has 0 saturated heterocycles. The average molecular weight is 406 g/mol. The van der Waals surface area contributed by atoms with Crippen LogP contribution in [0.3, 0.4) is 0 Å². The summed E-state index contributed by atoms with van der Waals surface area (Å²) < 4.78 is 12.9. The zero-order valence-electron chi connectivity index (χ0n) is 9.73. The molecule has 0 spiro atoms. The molecule has 1 atom stereocenters. The Kier molecular flexibility index (Phi) is 3.84. The van der Waals surface area contributed by atoms with Crippen molar-refractivity contribution in [1.29, 1.82) is 0 Å². The smallest absolute Gasteiger partial charge is 0.162 e. The number of hydrogen-bond donors (Lipinski definition) is 1. The summed E-state index contributed by atoms with van der Waals surface area (Å²) in [7, 11) is 0. The Hall–Kier alpha value is -0.560. The van der Waals surface area contributed by atoms with Gasteiger partial charge in [0.1, 0.15) is 19.3 Å². The molecule has 1 aromatic heterocycles. The molecular formula is C13H10Br2O3S. The zero-order valence-corrected chi connectivity index (χ0v) is 13.7. The lowest BCUT2D eigenvalue weighted by atomic mass is 10.0. The first kappa shape index (κ1) is 13.4. The van der Waals surface area contributed by atoms with Crippen molar-refractivity contribution >= 4 is 43.2 Å². The van der Waals surface area contributed by atoms with Crippen LogP contribution in [0.2, 0.25) is 0 Å². The lowest BCUT2D eigenvalue weighted by Gasteiger charge is -2.21. The summed E-state index contributed by atoms with van der Waals surface area (Å²) in [4.78, 5) is 0. The molecule has 6 heteroatoms. The Morgan fingerprint density at radius 2 is 1.79 bits per heavy atom. The first-order chi connectivity index (χ1) is 9.15. The standard InChI is InChI=1S/C13H10Br2O3S/c14-9-5-11-10(17-1-2-18-11)4-8(9)13(16)7-3-12(15)19-6-7/h3-6,13,16H,1-2H2. The maximum atomic E-state index is 10.4. The van der Waals surface area contributed by atoms with E-state index >= 15 is 0 Å². The van der Waals surface area contributed by atoms with E-state index in [2.05, 4.69) is 31.9 Å². The molecule has 1 unspecified atom stereocenters. The van der Waals surface area contributed by atoms with Gasteiger partial charge in [-0.15, -0.1) is 11.3 Å². The minimum Gasteiger partial charge on any atom is -0.486 e. The van der Waals surface area contributed by atoms with E-state index in [-0.39, 0.29) is 0 Å². The van der Waals surface area contributed by atoms with Gasteiger partial charge in [0.25, 0.3) is 0 Å². The van der Waals surface area contributed by atoms with E-state index in [1.165, 1.54) is 0 Å². The Bertz CT molecular complexity index is 612. The summed E-state index contributed by atoms with van der Waals surface area (Å²) in [6, 6.07) is 5.59. The third-order valence-corrected chi connectivity index (χ3v) is 5.07. The van der Waals surface area contributed by atoms with Gasteiger partial charge >= 0.3 is 0 Å². The highest BCUT2D eigenvalue weighted by Crippen LogP contribution is 2.40. The van der Waals surface area contributed by atoms with Gasteiger partial charge in [0.15, 0.2) is 11.5 Å². The molecule has 0 amide bonds. The van der Waals surface area contributed by atoms with E-state index in [9.17, 15) is 5.11 Å². The number of hydrogen-bond acceptors (Lipinski definition) is 4. The van der Waals surface area contributed by atoms with Crippen molar-refractivity contribution in [2.45, 2.75) is 6.10 Å². The molecule has 0 fully saturated rings. The third-order valence-electron chi connectivity index (χ3n) is 2.86. The molecule has 0 aliphatic carbocycles. The molecule has 1 aliphatic heterocycles. The molecule has 0 saturated carbocycles. The van der Waals surface area contributed by atoms with E-state index in [0.29, 0.717) is 24.7 Å². The second-order valence-electron chi connectivity index (χ2n) is 4.10. The number of aliphatic hydroxyl groups is 1.